The van der Waals surface area contributed by atoms with Gasteiger partial charge in [-0.15, -0.1) is 0 Å². The molecule has 2 bridgehead atoms. The zero-order valence-electron chi connectivity index (χ0n) is 23.2. The maximum Gasteiger partial charge on any atom is 0.313 e. The van der Waals surface area contributed by atoms with Crippen LogP contribution in [0.5, 0.6) is 0 Å². The second-order valence-electron chi connectivity index (χ2n) is 15.2. The highest BCUT2D eigenvalue weighted by Crippen LogP contribution is 2.78. The van der Waals surface area contributed by atoms with Gasteiger partial charge in [0, 0.05) is 16.9 Å². The summed E-state index contributed by atoms with van der Waals surface area (Å²) in [7, 11) is 0. The van der Waals surface area contributed by atoms with E-state index in [0.717, 1.165) is 62.7 Å². The Balaban J connectivity index is 1.44. The molecule has 1 spiro atoms. The molecule has 200 valence electrons. The second kappa shape index (κ2) is 6.60. The number of nitrogens with zero attached hydrogens (tertiary/aromatic N) is 1. The van der Waals surface area contributed by atoms with Gasteiger partial charge in [0.1, 0.15) is 5.76 Å². The van der Waals surface area contributed by atoms with Crippen molar-refractivity contribution in [3.63, 3.8) is 0 Å². The molecule has 0 radical (unpaired) electrons. The lowest BCUT2D eigenvalue weighted by molar-refractivity contribution is -0.207. The van der Waals surface area contributed by atoms with Crippen molar-refractivity contribution in [3.05, 3.63) is 29.2 Å². The lowest BCUT2D eigenvalue weighted by Gasteiger charge is -2.69. The van der Waals surface area contributed by atoms with Gasteiger partial charge in [-0.2, -0.15) is 0 Å². The number of carbonyl (C=O) groups is 2. The molecule has 6 heteroatoms. The predicted octanol–water partition coefficient (Wildman–Crippen LogP) is 5.32. The van der Waals surface area contributed by atoms with Gasteiger partial charge < -0.3 is 14.4 Å². The van der Waals surface area contributed by atoms with E-state index in [0.29, 0.717) is 0 Å². The summed E-state index contributed by atoms with van der Waals surface area (Å²) in [6, 6.07) is 0. The van der Waals surface area contributed by atoms with Crippen LogP contribution < -0.4 is 0 Å². The van der Waals surface area contributed by atoms with Crippen molar-refractivity contribution in [3.8, 4) is 0 Å². The van der Waals surface area contributed by atoms with E-state index in [-0.39, 0.29) is 46.4 Å². The third-order valence-electron chi connectivity index (χ3n) is 13.3. The second-order valence-corrected chi connectivity index (χ2v) is 15.2. The van der Waals surface area contributed by atoms with Crippen LogP contribution in [0, 0.1) is 38.9 Å². The van der Waals surface area contributed by atoms with Gasteiger partial charge in [0.25, 0.3) is 0 Å². The Morgan fingerprint density at radius 2 is 1.73 bits per heavy atom. The minimum Gasteiger partial charge on any atom is -0.449 e. The lowest BCUT2D eigenvalue weighted by atomic mass is 9.33. The number of hydrogen-bond donors (Lipinski definition) is 1. The number of aromatic nitrogens is 1. The highest BCUT2D eigenvalue weighted by Gasteiger charge is 2.82. The highest BCUT2D eigenvalue weighted by atomic mass is 16.6. The average molecular weight is 508 g/mol. The Hall–Kier alpha value is -1.95. The van der Waals surface area contributed by atoms with Gasteiger partial charge in [0.05, 0.1) is 23.6 Å². The molecule has 1 aromatic heterocycles. The smallest absolute Gasteiger partial charge is 0.313 e. The maximum absolute atomic E-state index is 14.6. The first-order valence-electron chi connectivity index (χ1n) is 14.3. The summed E-state index contributed by atoms with van der Waals surface area (Å²) >= 11 is 0. The molecule has 3 saturated carbocycles. The van der Waals surface area contributed by atoms with Crippen molar-refractivity contribution in [2.75, 3.05) is 6.61 Å². The summed E-state index contributed by atoms with van der Waals surface area (Å²) in [5, 5.41) is 14.8. The molecule has 1 aromatic rings. The quantitative estimate of drug-likeness (QED) is 0.518. The summed E-state index contributed by atoms with van der Waals surface area (Å²) in [5.74, 6) is 0.732. The number of aliphatic hydroxyl groups is 1. The zero-order valence-corrected chi connectivity index (χ0v) is 23.2. The summed E-state index contributed by atoms with van der Waals surface area (Å²) < 4.78 is 12.2. The van der Waals surface area contributed by atoms with E-state index >= 15 is 0 Å². The van der Waals surface area contributed by atoms with Crippen LogP contribution in [0.15, 0.2) is 22.4 Å². The summed E-state index contributed by atoms with van der Waals surface area (Å²) in [6.45, 7) is 13.5. The molecule has 0 unspecified atom stereocenters. The molecule has 8 atom stereocenters. The molecular formula is C31H41NO5. The summed E-state index contributed by atoms with van der Waals surface area (Å²) in [5.41, 5.74) is -0.957. The number of ether oxygens (including phenoxy) is 1. The van der Waals surface area contributed by atoms with Gasteiger partial charge in [-0.1, -0.05) is 45.3 Å². The minimum absolute atomic E-state index is 0.00351. The Bertz CT molecular complexity index is 1280. The molecule has 6 nitrogen and oxygen atoms in total. The molecule has 5 aliphatic carbocycles. The first kappa shape index (κ1) is 24.1. The van der Waals surface area contributed by atoms with Crippen LogP contribution in [-0.2, 0) is 26.2 Å². The Morgan fingerprint density at radius 1 is 1.00 bits per heavy atom. The molecule has 7 rings (SSSR count). The van der Waals surface area contributed by atoms with Crippen LogP contribution in [0.2, 0.25) is 0 Å². The largest absolute Gasteiger partial charge is 0.449 e. The number of allylic oxidation sites excluding steroid dienone is 1. The number of aliphatic hydroxyl groups excluding tert-OH is 1. The van der Waals surface area contributed by atoms with Crippen LogP contribution in [-0.4, -0.2) is 34.2 Å². The molecule has 0 amide bonds. The maximum atomic E-state index is 14.6. The fraction of sp³-hybridized carbons (Fsp3) is 0.774. The van der Waals surface area contributed by atoms with Crippen LogP contribution in [0.1, 0.15) is 97.8 Å². The third kappa shape index (κ3) is 2.35. The number of carbonyl (C=O) groups excluding carboxylic acids is 2. The molecule has 6 aliphatic rings. The third-order valence-corrected chi connectivity index (χ3v) is 13.3. The lowest BCUT2D eigenvalue weighted by Crippen LogP contribution is -2.72. The summed E-state index contributed by atoms with van der Waals surface area (Å²) in [6.07, 6.45) is 10.6. The van der Waals surface area contributed by atoms with E-state index in [1.165, 1.54) is 5.57 Å². The number of rotatable bonds is 1. The molecule has 4 fully saturated rings. The number of hydrogen-bond acceptors (Lipinski definition) is 6. The summed E-state index contributed by atoms with van der Waals surface area (Å²) in [4.78, 5) is 28.3. The van der Waals surface area contributed by atoms with E-state index in [1.54, 1.807) is 6.20 Å². The predicted molar refractivity (Wildman–Crippen MR) is 136 cm³/mol. The van der Waals surface area contributed by atoms with Gasteiger partial charge >= 0.3 is 5.97 Å². The zero-order chi connectivity index (χ0) is 26.4. The van der Waals surface area contributed by atoms with E-state index in [1.807, 2.05) is 6.08 Å². The van der Waals surface area contributed by atoms with E-state index in [4.69, 9.17) is 9.26 Å². The molecular weight excluding hydrogens is 466 g/mol. The topological polar surface area (TPSA) is 89.6 Å². The van der Waals surface area contributed by atoms with Crippen molar-refractivity contribution in [2.24, 2.45) is 38.9 Å². The molecule has 1 saturated heterocycles. The molecule has 1 N–H and O–H groups in total. The monoisotopic (exact) mass is 507 g/mol. The molecule has 2 heterocycles. The van der Waals surface area contributed by atoms with E-state index in [9.17, 15) is 14.7 Å². The first-order chi connectivity index (χ1) is 17.2. The fourth-order valence-corrected chi connectivity index (χ4v) is 11.1. The van der Waals surface area contributed by atoms with Crippen LogP contribution in [0.4, 0.5) is 0 Å². The molecule has 0 aromatic carbocycles. The normalized spacial score (nSPS) is 51.2. The van der Waals surface area contributed by atoms with Crippen LogP contribution >= 0.6 is 0 Å². The van der Waals surface area contributed by atoms with Gasteiger partial charge in [0.15, 0.2) is 11.4 Å². The minimum atomic E-state index is -1.08. The fourth-order valence-electron chi connectivity index (χ4n) is 11.1. The number of ketones is 1. The number of esters is 1. The van der Waals surface area contributed by atoms with Crippen molar-refractivity contribution in [2.45, 2.75) is 104 Å². The van der Waals surface area contributed by atoms with Crippen molar-refractivity contribution in [1.29, 1.82) is 0 Å². The van der Waals surface area contributed by atoms with Gasteiger partial charge in [0.2, 0.25) is 0 Å². The van der Waals surface area contributed by atoms with Gasteiger partial charge in [-0.25, -0.2) is 0 Å². The molecule has 1 aliphatic heterocycles. The molecule has 37 heavy (non-hydrogen) atoms. The standard InChI is InChI=1S/C31H41NO5/c1-25(2)9-11-30-12-10-29(6)28(5)8-7-19-26(3,14-18-16-32-37-23(18)27(19,4)17-33)20(28)13-22(34)31(29,21(30)15-25)36-24(30)35/h13,16,19,21,33H,7-12,14-15,17H2,1-6H3/t19-,21-,26+,27+,28-,29+,30+,31-/m1/s1. The van der Waals surface area contributed by atoms with Gasteiger partial charge in [-0.3, -0.25) is 9.59 Å². The Morgan fingerprint density at radius 3 is 2.46 bits per heavy atom. The highest BCUT2D eigenvalue weighted by molar-refractivity contribution is 6.05. The first-order valence-corrected chi connectivity index (χ1v) is 14.3. The Labute approximate surface area is 219 Å². The SMILES string of the molecule is CC1(C)CC[C@@]23CC[C@@]4(C)[C@]5(C)CC[C@@H]6[C@](C)(Cc7cnoc7[C@@]6(C)CO)C5=CC(=O)[C@]4(OC2=O)[C@@H]3C1. The number of fused-ring (bicyclic) bond motifs is 5. The van der Waals surface area contributed by atoms with Crippen molar-refractivity contribution in [1.82, 2.24) is 5.16 Å². The van der Waals surface area contributed by atoms with Crippen molar-refractivity contribution < 1.29 is 24.0 Å². The van der Waals surface area contributed by atoms with Crippen LogP contribution in [0.3, 0.4) is 0 Å². The van der Waals surface area contributed by atoms with Crippen molar-refractivity contribution >= 4 is 11.8 Å². The van der Waals surface area contributed by atoms with Gasteiger partial charge in [-0.05, 0) is 86.5 Å². The van der Waals surface area contributed by atoms with Crippen LogP contribution in [0.25, 0.3) is 0 Å². The Kier molecular flexibility index (Phi) is 4.30. The van der Waals surface area contributed by atoms with E-state index < -0.39 is 21.8 Å². The average Bonchev–Trinajstić information content (AvgIpc) is 3.37. The van der Waals surface area contributed by atoms with E-state index in [2.05, 4.69) is 46.7 Å².